The number of carboxylic acid groups (broad SMARTS) is 1. The molecular formula is C21H30N5O3+. The molecule has 0 bridgehead atoms. The maximum absolute atomic E-state index is 12.7. The molecule has 0 radical (unpaired) electrons. The largest absolute Gasteiger partial charge is 0.465 e. The lowest BCUT2D eigenvalue weighted by atomic mass is 9.87. The summed E-state index contributed by atoms with van der Waals surface area (Å²) in [6.45, 7) is 6.91. The third kappa shape index (κ3) is 3.54. The van der Waals surface area contributed by atoms with Crippen molar-refractivity contribution in [2.75, 3.05) is 20.1 Å². The Bertz CT molecular complexity index is 925. The average Bonchev–Trinajstić information content (AvgIpc) is 3.14. The van der Waals surface area contributed by atoms with Crippen molar-refractivity contribution < 1.29 is 14.7 Å². The van der Waals surface area contributed by atoms with Gasteiger partial charge in [-0.25, -0.2) is 14.1 Å². The number of hydrogen-bond acceptors (Lipinski definition) is 4. The molecule has 3 N–H and O–H groups in total. The number of benzene rings is 1. The quantitative estimate of drug-likeness (QED) is 0.750. The summed E-state index contributed by atoms with van der Waals surface area (Å²) in [6, 6.07) is 5.59. The smallest absolute Gasteiger partial charge is 0.407 e. The molecule has 0 saturated carbocycles. The van der Waals surface area contributed by atoms with Crippen molar-refractivity contribution in [1.82, 2.24) is 19.2 Å². The number of likely N-dealkylation sites (N-methyl/N-ethyl adjacent to an activating group) is 2. The molecule has 2 aromatic rings. The molecule has 2 amide bonds. The second kappa shape index (κ2) is 7.96. The lowest BCUT2D eigenvalue weighted by Crippen LogP contribution is -2.66. The fourth-order valence-corrected chi connectivity index (χ4v) is 4.45. The van der Waals surface area contributed by atoms with Gasteiger partial charge in [0.05, 0.1) is 32.8 Å². The number of carbonyl (C=O) groups is 2. The normalized spacial score (nSPS) is 23.5. The molecule has 1 aromatic heterocycles. The van der Waals surface area contributed by atoms with E-state index in [-0.39, 0.29) is 22.5 Å². The number of amides is 2. The number of quaternary nitrogens is 1. The Morgan fingerprint density at radius 2 is 2.10 bits per heavy atom. The number of aromatic nitrogens is 2. The van der Waals surface area contributed by atoms with E-state index in [1.165, 1.54) is 4.90 Å². The number of rotatable bonds is 5. The third-order valence-electron chi connectivity index (χ3n) is 6.35. The van der Waals surface area contributed by atoms with Crippen LogP contribution in [0.2, 0.25) is 0 Å². The molecule has 3 rings (SSSR count). The number of fused-ring (bicyclic) bond motifs is 1. The molecule has 29 heavy (non-hydrogen) atoms. The highest BCUT2D eigenvalue weighted by molar-refractivity contribution is 5.89. The summed E-state index contributed by atoms with van der Waals surface area (Å²) in [6.07, 6.45) is 3.37. The van der Waals surface area contributed by atoms with E-state index >= 15 is 0 Å². The zero-order valence-electron chi connectivity index (χ0n) is 17.5. The molecule has 0 spiro atoms. The van der Waals surface area contributed by atoms with Crippen LogP contribution < -0.4 is 10.2 Å². The van der Waals surface area contributed by atoms with Crippen LogP contribution in [0.3, 0.4) is 0 Å². The van der Waals surface area contributed by atoms with Gasteiger partial charge in [-0.15, -0.1) is 0 Å². The molecular weight excluding hydrogens is 370 g/mol. The Morgan fingerprint density at radius 1 is 1.38 bits per heavy atom. The first kappa shape index (κ1) is 21.0. The summed E-state index contributed by atoms with van der Waals surface area (Å²) in [5, 5.41) is 14.0. The molecule has 0 fully saturated rings. The highest BCUT2D eigenvalue weighted by Crippen LogP contribution is 2.40. The lowest BCUT2D eigenvalue weighted by molar-refractivity contribution is -0.130. The predicted molar refractivity (Wildman–Crippen MR) is 112 cm³/mol. The van der Waals surface area contributed by atoms with Crippen molar-refractivity contribution in [2.24, 2.45) is 5.73 Å². The Kier molecular flexibility index (Phi) is 5.77. The van der Waals surface area contributed by atoms with E-state index in [1.807, 2.05) is 39.2 Å². The van der Waals surface area contributed by atoms with E-state index in [0.29, 0.717) is 26.1 Å². The fourth-order valence-electron chi connectivity index (χ4n) is 4.45. The second-order valence-corrected chi connectivity index (χ2v) is 7.80. The van der Waals surface area contributed by atoms with Gasteiger partial charge in [-0.05, 0) is 31.5 Å². The number of nitrogens with zero attached hydrogens (tertiary/aromatic N) is 4. The fraction of sp³-hybridized carbons (Fsp3) is 0.476. The van der Waals surface area contributed by atoms with E-state index in [0.717, 1.165) is 22.4 Å². The van der Waals surface area contributed by atoms with Gasteiger partial charge in [0, 0.05) is 42.9 Å². The first-order chi connectivity index (χ1) is 13.7. The van der Waals surface area contributed by atoms with E-state index in [9.17, 15) is 14.7 Å². The zero-order chi connectivity index (χ0) is 21.3. The van der Waals surface area contributed by atoms with Crippen LogP contribution in [0, 0.1) is 0 Å². The molecule has 1 aliphatic heterocycles. The maximum Gasteiger partial charge on any atom is 0.407 e. The highest BCUT2D eigenvalue weighted by Gasteiger charge is 2.49. The topological polar surface area (TPSA) is 101 Å². The van der Waals surface area contributed by atoms with Gasteiger partial charge in [0.2, 0.25) is 0 Å². The molecule has 0 aliphatic carbocycles. The molecule has 1 aromatic carbocycles. The van der Waals surface area contributed by atoms with E-state index < -0.39 is 6.09 Å². The molecule has 156 valence electrons. The standard InChI is InChI=1S/C21H29N5O3/c1-5-25(21(28)29)19-11-17-10-16(18-12-23-24(13-18)9-8-22)6-7-20(17)26(4,14(19)2)15(3)27/h6-7,10,12-14,19H,5,8-9,11,22H2,1-4H3/p+1/t14-,19?,26+/m0/s1. The van der Waals surface area contributed by atoms with Crippen molar-refractivity contribution >= 4 is 17.7 Å². The molecule has 1 unspecified atom stereocenters. The SMILES string of the molecule is CCN(C(=O)O)C1Cc2cc(-c3cnn(CCN)c3)ccc2[N@@+](C)(C(C)=O)[C@H]1C. The summed E-state index contributed by atoms with van der Waals surface area (Å²) in [4.78, 5) is 26.0. The van der Waals surface area contributed by atoms with Crippen LogP contribution in [0.25, 0.3) is 11.1 Å². The Morgan fingerprint density at radius 3 is 2.69 bits per heavy atom. The van der Waals surface area contributed by atoms with E-state index in [4.69, 9.17) is 5.73 Å². The van der Waals surface area contributed by atoms with Gasteiger partial charge in [0.25, 0.3) is 0 Å². The van der Waals surface area contributed by atoms with Gasteiger partial charge in [-0.3, -0.25) is 9.58 Å². The van der Waals surface area contributed by atoms with Crippen molar-refractivity contribution in [2.45, 2.75) is 45.8 Å². The van der Waals surface area contributed by atoms with Gasteiger partial charge in [-0.2, -0.15) is 5.10 Å². The number of hydrogen-bond donors (Lipinski definition) is 2. The second-order valence-electron chi connectivity index (χ2n) is 7.80. The van der Waals surface area contributed by atoms with Crippen LogP contribution in [-0.4, -0.2) is 64.0 Å². The number of carbonyl (C=O) groups excluding carboxylic acids is 1. The lowest BCUT2D eigenvalue weighted by Gasteiger charge is -2.47. The van der Waals surface area contributed by atoms with Gasteiger partial charge < -0.3 is 10.8 Å². The van der Waals surface area contributed by atoms with Crippen molar-refractivity contribution in [3.05, 3.63) is 36.2 Å². The minimum Gasteiger partial charge on any atom is -0.465 e. The monoisotopic (exact) mass is 400 g/mol. The Balaban J connectivity index is 2.09. The van der Waals surface area contributed by atoms with Crippen LogP contribution >= 0.6 is 0 Å². The van der Waals surface area contributed by atoms with Crippen molar-refractivity contribution in [3.63, 3.8) is 0 Å². The van der Waals surface area contributed by atoms with Gasteiger partial charge >= 0.3 is 12.0 Å². The minimum atomic E-state index is -0.956. The van der Waals surface area contributed by atoms with Crippen molar-refractivity contribution in [1.29, 1.82) is 0 Å². The molecule has 8 heteroatoms. The zero-order valence-corrected chi connectivity index (χ0v) is 17.5. The Labute approximate surface area is 171 Å². The van der Waals surface area contributed by atoms with Crippen molar-refractivity contribution in [3.8, 4) is 11.1 Å². The summed E-state index contributed by atoms with van der Waals surface area (Å²) < 4.78 is 1.88. The summed E-state index contributed by atoms with van der Waals surface area (Å²) >= 11 is 0. The molecule has 1 aliphatic rings. The van der Waals surface area contributed by atoms with Crippen LogP contribution in [-0.2, 0) is 17.8 Å². The van der Waals surface area contributed by atoms with Crippen LogP contribution in [0.15, 0.2) is 30.6 Å². The molecule has 2 heterocycles. The van der Waals surface area contributed by atoms with Gasteiger partial charge in [0.15, 0.2) is 0 Å². The first-order valence-corrected chi connectivity index (χ1v) is 9.97. The summed E-state index contributed by atoms with van der Waals surface area (Å²) in [5.74, 6) is -0.00610. The maximum atomic E-state index is 12.7. The average molecular weight is 401 g/mol. The first-order valence-electron chi connectivity index (χ1n) is 9.97. The summed E-state index contributed by atoms with van der Waals surface area (Å²) in [5.41, 5.74) is 9.50. The van der Waals surface area contributed by atoms with E-state index in [2.05, 4.69) is 11.2 Å². The van der Waals surface area contributed by atoms with Gasteiger partial charge in [0.1, 0.15) is 11.7 Å². The molecule has 3 atom stereocenters. The summed E-state index contributed by atoms with van der Waals surface area (Å²) in [7, 11) is 1.88. The van der Waals surface area contributed by atoms with Crippen LogP contribution in [0.4, 0.5) is 10.5 Å². The minimum absolute atomic E-state index is 0.00610. The molecule has 0 saturated heterocycles. The highest BCUT2D eigenvalue weighted by atomic mass is 16.4. The molecule has 8 nitrogen and oxygen atoms in total. The number of nitrogens with two attached hydrogens (primary N) is 1. The predicted octanol–water partition coefficient (Wildman–Crippen LogP) is 2.31. The van der Waals surface area contributed by atoms with Crippen LogP contribution in [0.1, 0.15) is 26.3 Å². The van der Waals surface area contributed by atoms with Gasteiger partial charge in [-0.1, -0.05) is 0 Å². The third-order valence-corrected chi connectivity index (χ3v) is 6.35. The van der Waals surface area contributed by atoms with Crippen LogP contribution in [0.5, 0.6) is 0 Å². The Hall–Kier alpha value is -2.71. The van der Waals surface area contributed by atoms with E-state index in [1.54, 1.807) is 17.8 Å².